The van der Waals surface area contributed by atoms with Crippen molar-refractivity contribution >= 4 is 35.1 Å². The fraction of sp³-hybridized carbons (Fsp3) is 0.348. The summed E-state index contributed by atoms with van der Waals surface area (Å²) in [5.74, 6) is -0.738. The molecule has 1 saturated heterocycles. The number of hydrogen-bond acceptors (Lipinski definition) is 8. The van der Waals surface area contributed by atoms with Gasteiger partial charge in [0.15, 0.2) is 0 Å². The first-order chi connectivity index (χ1) is 15.9. The van der Waals surface area contributed by atoms with Gasteiger partial charge in [0, 0.05) is 18.8 Å². The Balaban J connectivity index is 1.33. The Kier molecular flexibility index (Phi) is 6.25. The molecule has 172 valence electrons. The molecule has 2 aromatic heterocycles. The molecule has 0 radical (unpaired) electrons. The van der Waals surface area contributed by atoms with Crippen LogP contribution in [0.3, 0.4) is 0 Å². The second kappa shape index (κ2) is 9.27. The molecule has 0 unspecified atom stereocenters. The highest BCUT2D eigenvalue weighted by Gasteiger charge is 2.37. The quantitative estimate of drug-likeness (QED) is 0.492. The maximum atomic E-state index is 12.5. The molecule has 33 heavy (non-hydrogen) atoms. The number of aryl methyl sites for hydroxylation is 1. The molecule has 1 aliphatic heterocycles. The standard InChI is InChI=1S/C23H26N6O4/c1-3-15-4-6-16(7-5-15)26-22-28-27-20(33-22)19(30)25-17-8-9-18(24-14-17)29-12-10-23(2,11-13-29)21(31)32/h4-9,14H,3,10-13H2,1-2H3,(H,25,30)(H,26,28)(H,31,32). The number of carbonyl (C=O) groups is 2. The van der Waals surface area contributed by atoms with Crippen LogP contribution in [-0.4, -0.2) is 45.3 Å². The highest BCUT2D eigenvalue weighted by Crippen LogP contribution is 2.32. The molecule has 3 heterocycles. The first kappa shape index (κ1) is 22.3. The summed E-state index contributed by atoms with van der Waals surface area (Å²) < 4.78 is 5.41. The molecule has 0 saturated carbocycles. The lowest BCUT2D eigenvalue weighted by molar-refractivity contribution is -0.149. The van der Waals surface area contributed by atoms with Crippen LogP contribution >= 0.6 is 0 Å². The molecule has 0 spiro atoms. The van der Waals surface area contributed by atoms with Gasteiger partial charge in [-0.25, -0.2) is 4.98 Å². The SMILES string of the molecule is CCc1ccc(Nc2nnc(C(=O)Nc3ccc(N4CCC(C)(C(=O)O)CC4)nc3)o2)cc1. The van der Waals surface area contributed by atoms with Crippen LogP contribution in [0.25, 0.3) is 0 Å². The molecule has 0 bridgehead atoms. The predicted octanol–water partition coefficient (Wildman–Crippen LogP) is 3.71. The van der Waals surface area contributed by atoms with Gasteiger partial charge in [-0.1, -0.05) is 24.2 Å². The van der Waals surface area contributed by atoms with Crippen molar-refractivity contribution in [3.63, 3.8) is 0 Å². The van der Waals surface area contributed by atoms with E-state index >= 15 is 0 Å². The Morgan fingerprint density at radius 1 is 1.09 bits per heavy atom. The van der Waals surface area contributed by atoms with E-state index in [4.69, 9.17) is 4.42 Å². The third kappa shape index (κ3) is 5.11. The Labute approximate surface area is 191 Å². The lowest BCUT2D eigenvalue weighted by Gasteiger charge is -2.37. The second-order valence-corrected chi connectivity index (χ2v) is 8.30. The van der Waals surface area contributed by atoms with Crippen LogP contribution in [0.2, 0.25) is 0 Å². The van der Waals surface area contributed by atoms with Crippen molar-refractivity contribution in [2.75, 3.05) is 28.6 Å². The molecule has 0 aliphatic carbocycles. The van der Waals surface area contributed by atoms with Crippen LogP contribution in [0, 0.1) is 5.41 Å². The minimum absolute atomic E-state index is 0.122. The van der Waals surface area contributed by atoms with Gasteiger partial charge in [-0.05, 0) is 56.0 Å². The molecule has 10 heteroatoms. The molecule has 1 aromatic carbocycles. The number of nitrogens with zero attached hydrogens (tertiary/aromatic N) is 4. The number of amides is 1. The van der Waals surface area contributed by atoms with Gasteiger partial charge in [-0.15, -0.1) is 5.10 Å². The fourth-order valence-electron chi connectivity index (χ4n) is 3.59. The zero-order valence-corrected chi connectivity index (χ0v) is 18.5. The van der Waals surface area contributed by atoms with E-state index in [0.717, 1.165) is 17.9 Å². The number of carboxylic acids is 1. The zero-order chi connectivity index (χ0) is 23.4. The highest BCUT2D eigenvalue weighted by molar-refractivity contribution is 6.00. The first-order valence-corrected chi connectivity index (χ1v) is 10.8. The number of piperidine rings is 1. The molecule has 3 aromatic rings. The molecule has 0 atom stereocenters. The van der Waals surface area contributed by atoms with Crippen LogP contribution in [0.1, 0.15) is 42.9 Å². The van der Waals surface area contributed by atoms with Gasteiger partial charge >= 0.3 is 23.8 Å². The maximum Gasteiger partial charge on any atom is 0.320 e. The van der Waals surface area contributed by atoms with Crippen LogP contribution < -0.4 is 15.5 Å². The Morgan fingerprint density at radius 3 is 2.39 bits per heavy atom. The largest absolute Gasteiger partial charge is 0.481 e. The van der Waals surface area contributed by atoms with Crippen molar-refractivity contribution in [1.29, 1.82) is 0 Å². The first-order valence-electron chi connectivity index (χ1n) is 10.8. The van der Waals surface area contributed by atoms with Crippen LogP contribution in [0.15, 0.2) is 47.0 Å². The smallest absolute Gasteiger partial charge is 0.320 e. The molecule has 3 N–H and O–H groups in total. The van der Waals surface area contributed by atoms with Gasteiger partial charge < -0.3 is 25.1 Å². The summed E-state index contributed by atoms with van der Waals surface area (Å²) in [5.41, 5.74) is 1.79. The molecule has 1 fully saturated rings. The number of aliphatic carboxylic acids is 1. The van der Waals surface area contributed by atoms with E-state index in [-0.39, 0.29) is 11.9 Å². The van der Waals surface area contributed by atoms with Crippen molar-refractivity contribution in [3.05, 3.63) is 54.0 Å². The number of pyridine rings is 1. The Bertz CT molecular complexity index is 1120. The van der Waals surface area contributed by atoms with E-state index in [0.29, 0.717) is 31.6 Å². The molecule has 1 amide bonds. The van der Waals surface area contributed by atoms with Crippen LogP contribution in [0.4, 0.5) is 23.2 Å². The fourth-order valence-corrected chi connectivity index (χ4v) is 3.59. The number of benzene rings is 1. The molecule has 10 nitrogen and oxygen atoms in total. The third-order valence-corrected chi connectivity index (χ3v) is 5.95. The molecule has 1 aliphatic rings. The van der Waals surface area contributed by atoms with E-state index in [1.165, 1.54) is 5.56 Å². The topological polar surface area (TPSA) is 133 Å². The van der Waals surface area contributed by atoms with Gasteiger partial charge in [0.2, 0.25) is 0 Å². The number of carboxylic acid groups (broad SMARTS) is 1. The summed E-state index contributed by atoms with van der Waals surface area (Å²) in [4.78, 5) is 30.3. The number of carbonyl (C=O) groups excluding carboxylic acids is 1. The second-order valence-electron chi connectivity index (χ2n) is 8.30. The molecular weight excluding hydrogens is 424 g/mol. The van der Waals surface area contributed by atoms with Crippen molar-refractivity contribution in [2.45, 2.75) is 33.1 Å². The van der Waals surface area contributed by atoms with Crippen LogP contribution in [0.5, 0.6) is 0 Å². The van der Waals surface area contributed by atoms with Crippen molar-refractivity contribution < 1.29 is 19.1 Å². The monoisotopic (exact) mass is 450 g/mol. The van der Waals surface area contributed by atoms with E-state index < -0.39 is 17.3 Å². The van der Waals surface area contributed by atoms with E-state index in [9.17, 15) is 14.7 Å². The minimum atomic E-state index is -0.762. The average Bonchev–Trinajstić information content (AvgIpc) is 3.29. The van der Waals surface area contributed by atoms with Crippen LogP contribution in [-0.2, 0) is 11.2 Å². The van der Waals surface area contributed by atoms with Gasteiger partial charge in [0.25, 0.3) is 0 Å². The summed E-state index contributed by atoms with van der Waals surface area (Å²) in [5, 5.41) is 22.7. The highest BCUT2D eigenvalue weighted by atomic mass is 16.4. The summed E-state index contributed by atoms with van der Waals surface area (Å²) in [6.07, 6.45) is 3.60. The number of nitrogens with one attached hydrogen (secondary N) is 2. The maximum absolute atomic E-state index is 12.5. The lowest BCUT2D eigenvalue weighted by Crippen LogP contribution is -2.43. The third-order valence-electron chi connectivity index (χ3n) is 5.95. The summed E-state index contributed by atoms with van der Waals surface area (Å²) >= 11 is 0. The zero-order valence-electron chi connectivity index (χ0n) is 18.5. The van der Waals surface area contributed by atoms with Gasteiger partial charge in [-0.3, -0.25) is 9.59 Å². The van der Waals surface area contributed by atoms with E-state index in [2.05, 4.69) is 32.7 Å². The van der Waals surface area contributed by atoms with Crippen molar-refractivity contribution in [1.82, 2.24) is 15.2 Å². The lowest BCUT2D eigenvalue weighted by atomic mass is 9.80. The predicted molar refractivity (Wildman–Crippen MR) is 123 cm³/mol. The number of aromatic nitrogens is 3. The summed E-state index contributed by atoms with van der Waals surface area (Å²) in [6.45, 7) is 5.08. The van der Waals surface area contributed by atoms with Gasteiger partial charge in [0.05, 0.1) is 17.3 Å². The Hall–Kier alpha value is -3.95. The minimum Gasteiger partial charge on any atom is -0.481 e. The van der Waals surface area contributed by atoms with Crippen molar-refractivity contribution in [3.8, 4) is 0 Å². The Morgan fingerprint density at radius 2 is 1.79 bits per heavy atom. The number of rotatable bonds is 7. The summed E-state index contributed by atoms with van der Waals surface area (Å²) in [6, 6.07) is 11.4. The molecular formula is C23H26N6O4. The van der Waals surface area contributed by atoms with E-state index in [1.807, 2.05) is 29.2 Å². The van der Waals surface area contributed by atoms with E-state index in [1.54, 1.807) is 25.3 Å². The van der Waals surface area contributed by atoms with Gasteiger partial charge in [0.1, 0.15) is 5.82 Å². The average molecular weight is 450 g/mol. The normalized spacial score (nSPS) is 15.2. The number of anilines is 4. The number of hydrogen-bond donors (Lipinski definition) is 3. The van der Waals surface area contributed by atoms with Gasteiger partial charge in [-0.2, -0.15) is 0 Å². The summed E-state index contributed by atoms with van der Waals surface area (Å²) in [7, 11) is 0. The molecule has 4 rings (SSSR count). The van der Waals surface area contributed by atoms with Crippen molar-refractivity contribution in [2.24, 2.45) is 5.41 Å².